The first-order valence-corrected chi connectivity index (χ1v) is 2.87. The van der Waals surface area contributed by atoms with Crippen LogP contribution in [-0.2, 0) is 4.29 Å². The monoisotopic (exact) mass is 120 g/mol. The lowest BCUT2D eigenvalue weighted by atomic mass is 9.82. The largest absolute Gasteiger partial charge is 0.273 e. The molecule has 0 spiro atoms. The van der Waals surface area contributed by atoms with E-state index in [9.17, 15) is 0 Å². The van der Waals surface area contributed by atoms with Gasteiger partial charge in [0, 0.05) is 0 Å². The smallest absolute Gasteiger partial charge is 0.0869 e. The fourth-order valence-electron chi connectivity index (χ4n) is 0.752. The SMILES string of the molecule is CC1(OCl)CCC1. The highest BCUT2D eigenvalue weighted by atomic mass is 35.5. The molecular formula is C5H9ClO. The summed E-state index contributed by atoms with van der Waals surface area (Å²) in [6.07, 6.45) is 3.51. The Morgan fingerprint density at radius 2 is 2.14 bits per heavy atom. The van der Waals surface area contributed by atoms with E-state index in [4.69, 9.17) is 11.9 Å². The van der Waals surface area contributed by atoms with E-state index in [1.165, 1.54) is 6.42 Å². The van der Waals surface area contributed by atoms with Crippen molar-refractivity contribution in [2.45, 2.75) is 31.8 Å². The molecular weight excluding hydrogens is 112 g/mol. The van der Waals surface area contributed by atoms with E-state index in [-0.39, 0.29) is 5.60 Å². The third kappa shape index (κ3) is 0.892. The van der Waals surface area contributed by atoms with Gasteiger partial charge in [-0.15, -0.1) is 0 Å². The third-order valence-electron chi connectivity index (χ3n) is 1.60. The first kappa shape index (κ1) is 5.39. The summed E-state index contributed by atoms with van der Waals surface area (Å²) in [7, 11) is 0. The molecule has 1 rings (SSSR count). The van der Waals surface area contributed by atoms with Crippen molar-refractivity contribution in [3.8, 4) is 0 Å². The van der Waals surface area contributed by atoms with E-state index in [1.54, 1.807) is 0 Å². The minimum atomic E-state index is 0.0293. The fraction of sp³-hybridized carbons (Fsp3) is 1.00. The molecule has 1 aliphatic carbocycles. The second-order valence-electron chi connectivity index (χ2n) is 2.38. The van der Waals surface area contributed by atoms with Crippen molar-refractivity contribution in [2.24, 2.45) is 0 Å². The predicted octanol–water partition coefficient (Wildman–Crippen LogP) is 2.10. The molecule has 0 unspecified atom stereocenters. The van der Waals surface area contributed by atoms with Gasteiger partial charge < -0.3 is 0 Å². The van der Waals surface area contributed by atoms with Crippen molar-refractivity contribution >= 4 is 11.9 Å². The highest BCUT2D eigenvalue weighted by Crippen LogP contribution is 2.35. The summed E-state index contributed by atoms with van der Waals surface area (Å²) in [5.74, 6) is 0. The molecule has 2 heteroatoms. The van der Waals surface area contributed by atoms with Gasteiger partial charge in [0.15, 0.2) is 0 Å². The summed E-state index contributed by atoms with van der Waals surface area (Å²) in [4.78, 5) is 0. The van der Waals surface area contributed by atoms with Crippen LogP contribution in [0.2, 0.25) is 0 Å². The molecule has 1 aliphatic rings. The highest BCUT2D eigenvalue weighted by molar-refractivity contribution is 6.07. The molecule has 0 bridgehead atoms. The lowest BCUT2D eigenvalue weighted by Gasteiger charge is -2.34. The van der Waals surface area contributed by atoms with Crippen molar-refractivity contribution in [1.82, 2.24) is 0 Å². The third-order valence-corrected chi connectivity index (χ3v) is 1.97. The van der Waals surface area contributed by atoms with E-state index < -0.39 is 0 Å². The van der Waals surface area contributed by atoms with Crippen LogP contribution in [0.3, 0.4) is 0 Å². The molecule has 0 amide bonds. The van der Waals surface area contributed by atoms with Gasteiger partial charge in [-0.1, -0.05) is 0 Å². The Hall–Kier alpha value is 0.250. The quantitative estimate of drug-likeness (QED) is 0.515. The molecule has 0 N–H and O–H groups in total. The summed E-state index contributed by atoms with van der Waals surface area (Å²) in [5.41, 5.74) is 0.0293. The van der Waals surface area contributed by atoms with Crippen LogP contribution in [0.25, 0.3) is 0 Å². The Kier molecular flexibility index (Phi) is 1.26. The van der Waals surface area contributed by atoms with Crippen LogP contribution in [0, 0.1) is 0 Å². The van der Waals surface area contributed by atoms with Gasteiger partial charge in [0.2, 0.25) is 0 Å². The molecule has 0 aliphatic heterocycles. The van der Waals surface area contributed by atoms with E-state index in [0.29, 0.717) is 0 Å². The van der Waals surface area contributed by atoms with E-state index in [2.05, 4.69) is 4.29 Å². The maximum Gasteiger partial charge on any atom is 0.0869 e. The first-order valence-electron chi connectivity index (χ1n) is 2.57. The number of hydrogen-bond acceptors (Lipinski definition) is 1. The zero-order valence-electron chi connectivity index (χ0n) is 4.41. The van der Waals surface area contributed by atoms with Crippen LogP contribution < -0.4 is 0 Å². The van der Waals surface area contributed by atoms with E-state index in [0.717, 1.165) is 12.8 Å². The number of hydrogen-bond donors (Lipinski definition) is 0. The molecule has 7 heavy (non-hydrogen) atoms. The fourth-order valence-corrected chi connectivity index (χ4v) is 0.906. The predicted molar refractivity (Wildman–Crippen MR) is 29.2 cm³/mol. The van der Waals surface area contributed by atoms with Gasteiger partial charge in [-0.25, -0.2) is 0 Å². The molecule has 0 aromatic rings. The van der Waals surface area contributed by atoms with Gasteiger partial charge in [0.1, 0.15) is 0 Å². The molecule has 0 aromatic carbocycles. The lowest BCUT2D eigenvalue weighted by molar-refractivity contribution is 0.0205. The Balaban J connectivity index is 2.29. The second kappa shape index (κ2) is 1.64. The van der Waals surface area contributed by atoms with Gasteiger partial charge in [0.05, 0.1) is 17.5 Å². The summed E-state index contributed by atoms with van der Waals surface area (Å²) in [6, 6.07) is 0. The maximum absolute atomic E-state index is 5.14. The van der Waals surface area contributed by atoms with Crippen molar-refractivity contribution in [1.29, 1.82) is 0 Å². The second-order valence-corrected chi connectivity index (χ2v) is 2.53. The molecule has 1 saturated carbocycles. The molecule has 0 radical (unpaired) electrons. The summed E-state index contributed by atoms with van der Waals surface area (Å²) in [5, 5.41) is 0. The molecule has 42 valence electrons. The van der Waals surface area contributed by atoms with Crippen LogP contribution in [0.4, 0.5) is 0 Å². The minimum absolute atomic E-state index is 0.0293. The average molecular weight is 121 g/mol. The van der Waals surface area contributed by atoms with Crippen molar-refractivity contribution < 1.29 is 4.29 Å². The van der Waals surface area contributed by atoms with Crippen LogP contribution in [0.15, 0.2) is 0 Å². The topological polar surface area (TPSA) is 9.23 Å². The van der Waals surface area contributed by atoms with Crippen LogP contribution >= 0.6 is 11.9 Å². The average Bonchev–Trinajstić information content (AvgIpc) is 1.61. The zero-order valence-corrected chi connectivity index (χ0v) is 5.16. The van der Waals surface area contributed by atoms with Crippen LogP contribution in [0.1, 0.15) is 26.2 Å². The van der Waals surface area contributed by atoms with Crippen molar-refractivity contribution in [2.75, 3.05) is 0 Å². The van der Waals surface area contributed by atoms with E-state index in [1.807, 2.05) is 6.92 Å². The Bertz CT molecular complexity index is 63.0. The van der Waals surface area contributed by atoms with Gasteiger partial charge in [0.25, 0.3) is 0 Å². The summed E-state index contributed by atoms with van der Waals surface area (Å²) in [6.45, 7) is 2.03. The molecule has 1 fully saturated rings. The Labute approximate surface area is 48.8 Å². The minimum Gasteiger partial charge on any atom is -0.273 e. The van der Waals surface area contributed by atoms with Crippen LogP contribution in [0.5, 0.6) is 0 Å². The molecule has 0 saturated heterocycles. The lowest BCUT2D eigenvalue weighted by Crippen LogP contribution is -2.33. The van der Waals surface area contributed by atoms with Crippen molar-refractivity contribution in [3.05, 3.63) is 0 Å². The van der Waals surface area contributed by atoms with Gasteiger partial charge in [-0.05, 0) is 26.2 Å². The number of halogens is 1. The van der Waals surface area contributed by atoms with Gasteiger partial charge in [-0.3, -0.25) is 4.29 Å². The summed E-state index contributed by atoms with van der Waals surface area (Å²) >= 11 is 5.14. The first-order chi connectivity index (χ1) is 3.27. The highest BCUT2D eigenvalue weighted by Gasteiger charge is 2.32. The van der Waals surface area contributed by atoms with Gasteiger partial charge in [-0.2, -0.15) is 0 Å². The van der Waals surface area contributed by atoms with Crippen LogP contribution in [-0.4, -0.2) is 5.60 Å². The Morgan fingerprint density at radius 1 is 1.57 bits per heavy atom. The normalized spacial score (nSPS) is 26.6. The molecule has 0 aromatic heterocycles. The van der Waals surface area contributed by atoms with Gasteiger partial charge >= 0.3 is 0 Å². The number of rotatable bonds is 1. The maximum atomic E-state index is 5.14. The standard InChI is InChI=1S/C5H9ClO/c1-5(7-6)3-2-4-5/h2-4H2,1H3. The molecule has 0 heterocycles. The zero-order chi connectivity index (χ0) is 5.33. The van der Waals surface area contributed by atoms with Crippen molar-refractivity contribution in [3.63, 3.8) is 0 Å². The summed E-state index contributed by atoms with van der Waals surface area (Å²) < 4.78 is 4.65. The Morgan fingerprint density at radius 3 is 2.14 bits per heavy atom. The molecule has 0 atom stereocenters. The van der Waals surface area contributed by atoms with E-state index >= 15 is 0 Å². The molecule has 1 nitrogen and oxygen atoms in total.